The molecule has 4 nitrogen and oxygen atoms in total. The average Bonchev–Trinajstić information content (AvgIpc) is 2.47. The summed E-state index contributed by atoms with van der Waals surface area (Å²) in [5.41, 5.74) is 0.557. The first-order chi connectivity index (χ1) is 10.1. The Bertz CT molecular complexity index is 669. The molecule has 0 unspecified atom stereocenters. The Morgan fingerprint density at radius 1 is 1.14 bits per heavy atom. The molecule has 0 aliphatic carbocycles. The van der Waals surface area contributed by atoms with E-state index < -0.39 is 5.63 Å². The van der Waals surface area contributed by atoms with Crippen LogP contribution in [0, 0.1) is 0 Å². The Balaban J connectivity index is 2.20. The van der Waals surface area contributed by atoms with Crippen LogP contribution in [0.4, 0.5) is 0 Å². The topological polar surface area (TPSA) is 59.3 Å². The first-order valence-electron chi connectivity index (χ1n) is 7.48. The molecule has 1 amide bonds. The quantitative estimate of drug-likeness (QED) is 0.827. The molecular formula is C17H21NO3. The lowest BCUT2D eigenvalue weighted by Gasteiger charge is -2.17. The van der Waals surface area contributed by atoms with Gasteiger partial charge in [-0.2, -0.15) is 0 Å². The average molecular weight is 287 g/mol. The van der Waals surface area contributed by atoms with Crippen molar-refractivity contribution in [2.75, 3.05) is 0 Å². The van der Waals surface area contributed by atoms with Crippen molar-refractivity contribution in [3.05, 3.63) is 46.3 Å². The third kappa shape index (κ3) is 3.94. The summed E-state index contributed by atoms with van der Waals surface area (Å²) < 4.78 is 5.12. The lowest BCUT2D eigenvalue weighted by atomic mass is 10.1. The van der Waals surface area contributed by atoms with Crippen molar-refractivity contribution in [1.29, 1.82) is 0 Å². The number of amides is 1. The van der Waals surface area contributed by atoms with Gasteiger partial charge in [0.2, 0.25) is 0 Å². The summed E-state index contributed by atoms with van der Waals surface area (Å²) >= 11 is 0. The predicted molar refractivity (Wildman–Crippen MR) is 83.6 cm³/mol. The molecule has 2 aromatic rings. The highest BCUT2D eigenvalue weighted by Crippen LogP contribution is 2.15. The Morgan fingerprint density at radius 3 is 2.48 bits per heavy atom. The molecule has 0 bridgehead atoms. The monoisotopic (exact) mass is 287 g/mol. The van der Waals surface area contributed by atoms with Gasteiger partial charge in [0.15, 0.2) is 0 Å². The van der Waals surface area contributed by atoms with Crippen molar-refractivity contribution >= 4 is 16.9 Å². The van der Waals surface area contributed by atoms with Gasteiger partial charge in [-0.3, -0.25) is 4.79 Å². The maximum atomic E-state index is 12.3. The number of benzene rings is 1. The van der Waals surface area contributed by atoms with E-state index >= 15 is 0 Å². The van der Waals surface area contributed by atoms with Crippen molar-refractivity contribution in [2.45, 2.75) is 45.6 Å². The number of hydrogen-bond donors (Lipinski definition) is 1. The zero-order chi connectivity index (χ0) is 15.2. The fraction of sp³-hybridized carbons (Fsp3) is 0.412. The standard InChI is InChI=1S/C17H21NO3/c1-3-5-14(6-4-2)18-17(20)13-8-7-12-9-10-16(19)21-15(12)11-13/h7-11,14H,3-6H2,1-2H3,(H,18,20). The van der Waals surface area contributed by atoms with E-state index in [2.05, 4.69) is 19.2 Å². The maximum absolute atomic E-state index is 12.3. The summed E-state index contributed by atoms with van der Waals surface area (Å²) in [6.07, 6.45) is 4.03. The molecule has 112 valence electrons. The van der Waals surface area contributed by atoms with Gasteiger partial charge in [-0.25, -0.2) is 4.79 Å². The van der Waals surface area contributed by atoms with Gasteiger partial charge in [0, 0.05) is 23.1 Å². The molecule has 0 saturated heterocycles. The van der Waals surface area contributed by atoms with Gasteiger partial charge in [-0.1, -0.05) is 32.8 Å². The summed E-state index contributed by atoms with van der Waals surface area (Å²) in [4.78, 5) is 23.5. The third-order valence-corrected chi connectivity index (χ3v) is 3.49. The Kier molecular flexibility index (Phi) is 5.14. The molecule has 1 aromatic heterocycles. The lowest BCUT2D eigenvalue weighted by Crippen LogP contribution is -2.34. The van der Waals surface area contributed by atoms with E-state index in [0.29, 0.717) is 11.1 Å². The van der Waals surface area contributed by atoms with Gasteiger partial charge in [0.05, 0.1) is 0 Å². The molecule has 0 aliphatic heterocycles. The zero-order valence-electron chi connectivity index (χ0n) is 12.5. The number of nitrogens with one attached hydrogen (secondary N) is 1. The molecule has 21 heavy (non-hydrogen) atoms. The van der Waals surface area contributed by atoms with Crippen LogP contribution in [0.2, 0.25) is 0 Å². The molecule has 0 saturated carbocycles. The van der Waals surface area contributed by atoms with Gasteiger partial charge in [-0.15, -0.1) is 0 Å². The Labute approximate surface area is 124 Å². The van der Waals surface area contributed by atoms with Gasteiger partial charge >= 0.3 is 5.63 Å². The smallest absolute Gasteiger partial charge is 0.336 e. The van der Waals surface area contributed by atoms with Gasteiger partial charge in [-0.05, 0) is 31.0 Å². The summed E-state index contributed by atoms with van der Waals surface area (Å²) in [7, 11) is 0. The zero-order valence-corrected chi connectivity index (χ0v) is 12.5. The molecular weight excluding hydrogens is 266 g/mol. The molecule has 4 heteroatoms. The van der Waals surface area contributed by atoms with E-state index in [4.69, 9.17) is 4.42 Å². The van der Waals surface area contributed by atoms with Crippen LogP contribution >= 0.6 is 0 Å². The van der Waals surface area contributed by atoms with Crippen LogP contribution in [0.1, 0.15) is 49.9 Å². The third-order valence-electron chi connectivity index (χ3n) is 3.49. The summed E-state index contributed by atoms with van der Waals surface area (Å²) in [6.45, 7) is 4.22. The summed E-state index contributed by atoms with van der Waals surface area (Å²) in [6, 6.07) is 8.45. The van der Waals surface area contributed by atoms with Crippen LogP contribution in [0.15, 0.2) is 39.5 Å². The highest BCUT2D eigenvalue weighted by Gasteiger charge is 2.13. The van der Waals surface area contributed by atoms with Crippen molar-refractivity contribution in [3.8, 4) is 0 Å². The number of fused-ring (bicyclic) bond motifs is 1. The van der Waals surface area contributed by atoms with Crippen LogP contribution in [-0.2, 0) is 0 Å². The first kappa shape index (κ1) is 15.3. The second kappa shape index (κ2) is 7.07. The van der Waals surface area contributed by atoms with Crippen LogP contribution in [0.5, 0.6) is 0 Å². The lowest BCUT2D eigenvalue weighted by molar-refractivity contribution is 0.0932. The van der Waals surface area contributed by atoms with Crippen molar-refractivity contribution in [1.82, 2.24) is 5.32 Å². The SMILES string of the molecule is CCCC(CCC)NC(=O)c1ccc2ccc(=O)oc2c1. The molecule has 0 spiro atoms. The van der Waals surface area contributed by atoms with E-state index in [1.165, 1.54) is 6.07 Å². The first-order valence-corrected chi connectivity index (χ1v) is 7.48. The van der Waals surface area contributed by atoms with E-state index in [1.54, 1.807) is 24.3 Å². The number of hydrogen-bond acceptors (Lipinski definition) is 3. The molecule has 0 fully saturated rings. The molecule has 1 N–H and O–H groups in total. The highest BCUT2D eigenvalue weighted by atomic mass is 16.4. The molecule has 0 atom stereocenters. The second-order valence-corrected chi connectivity index (χ2v) is 5.25. The fourth-order valence-electron chi connectivity index (χ4n) is 2.46. The van der Waals surface area contributed by atoms with Crippen molar-refractivity contribution < 1.29 is 9.21 Å². The van der Waals surface area contributed by atoms with Crippen LogP contribution < -0.4 is 10.9 Å². The van der Waals surface area contributed by atoms with Crippen LogP contribution in [-0.4, -0.2) is 11.9 Å². The van der Waals surface area contributed by atoms with E-state index in [9.17, 15) is 9.59 Å². The molecule has 1 aromatic carbocycles. The fourth-order valence-corrected chi connectivity index (χ4v) is 2.46. The van der Waals surface area contributed by atoms with Crippen LogP contribution in [0.3, 0.4) is 0 Å². The Hall–Kier alpha value is -2.10. The maximum Gasteiger partial charge on any atom is 0.336 e. The van der Waals surface area contributed by atoms with E-state index in [0.717, 1.165) is 31.1 Å². The molecule has 1 heterocycles. The van der Waals surface area contributed by atoms with Gasteiger partial charge < -0.3 is 9.73 Å². The predicted octanol–water partition coefficient (Wildman–Crippen LogP) is 3.49. The minimum atomic E-state index is -0.407. The van der Waals surface area contributed by atoms with Crippen LogP contribution in [0.25, 0.3) is 11.0 Å². The van der Waals surface area contributed by atoms with E-state index in [1.807, 2.05) is 0 Å². The van der Waals surface area contributed by atoms with Crippen molar-refractivity contribution in [2.24, 2.45) is 0 Å². The number of rotatable bonds is 6. The summed E-state index contributed by atoms with van der Waals surface area (Å²) in [5, 5.41) is 3.87. The largest absolute Gasteiger partial charge is 0.423 e. The minimum Gasteiger partial charge on any atom is -0.423 e. The number of carbonyl (C=O) groups is 1. The second-order valence-electron chi connectivity index (χ2n) is 5.25. The summed E-state index contributed by atoms with van der Waals surface area (Å²) in [5.74, 6) is -0.115. The molecule has 0 radical (unpaired) electrons. The minimum absolute atomic E-state index is 0.115. The number of carbonyl (C=O) groups excluding carboxylic acids is 1. The normalized spacial score (nSPS) is 11.0. The van der Waals surface area contributed by atoms with Gasteiger partial charge in [0.25, 0.3) is 5.91 Å². The van der Waals surface area contributed by atoms with Crippen molar-refractivity contribution in [3.63, 3.8) is 0 Å². The van der Waals surface area contributed by atoms with E-state index in [-0.39, 0.29) is 11.9 Å². The van der Waals surface area contributed by atoms with Gasteiger partial charge in [0.1, 0.15) is 5.58 Å². The Morgan fingerprint density at radius 2 is 1.81 bits per heavy atom. The molecule has 0 aliphatic rings. The molecule has 2 rings (SSSR count). The highest BCUT2D eigenvalue weighted by molar-refractivity contribution is 5.97.